The quantitative estimate of drug-likeness (QED) is 0.647. The summed E-state index contributed by atoms with van der Waals surface area (Å²) in [5, 5.41) is 12.7. The number of aromatic amines is 2. The first-order chi connectivity index (χ1) is 9.08. The molecular formula is C12H18N6O. The maximum absolute atomic E-state index is 4.97. The third-order valence-electron chi connectivity index (χ3n) is 1.91. The van der Waals surface area contributed by atoms with Crippen molar-refractivity contribution in [1.82, 2.24) is 30.4 Å². The molecule has 0 atom stereocenters. The maximum Gasteiger partial charge on any atom is 0.191 e. The minimum absolute atomic E-state index is 0.734. The Morgan fingerprint density at radius 2 is 1.79 bits per heavy atom. The fourth-order valence-corrected chi connectivity index (χ4v) is 1.06. The van der Waals surface area contributed by atoms with Gasteiger partial charge in [0.05, 0.1) is 6.20 Å². The molecule has 2 N–H and O–H groups in total. The standard InChI is InChI=1S/C5H7NO.C4H6N2.C3H5N3/c1-4-3-6-5(2)7-4;1-4-2-3-5-6-4;1-3-4-2-5-6-3/h3H,1-2H3;2-3H,1H3,(H,5,6);2H,1H3,(H,4,5,6). The molecule has 0 aliphatic rings. The highest BCUT2D eigenvalue weighted by Gasteiger charge is 1.87. The van der Waals surface area contributed by atoms with Crippen molar-refractivity contribution < 1.29 is 4.42 Å². The summed E-state index contributed by atoms with van der Waals surface area (Å²) in [6.07, 6.45) is 4.92. The monoisotopic (exact) mass is 262 g/mol. The molecule has 0 spiro atoms. The molecule has 3 heterocycles. The van der Waals surface area contributed by atoms with Crippen LogP contribution in [0.15, 0.2) is 29.2 Å². The summed E-state index contributed by atoms with van der Waals surface area (Å²) in [6, 6.07) is 1.92. The van der Waals surface area contributed by atoms with Crippen LogP contribution in [0.1, 0.15) is 23.2 Å². The van der Waals surface area contributed by atoms with Crippen molar-refractivity contribution in [3.8, 4) is 0 Å². The normalized spacial score (nSPS) is 9.05. The van der Waals surface area contributed by atoms with E-state index in [0.29, 0.717) is 0 Å². The SMILES string of the molecule is Cc1ccn[nH]1.Cc1cnc(C)o1.Cc1ncn[nH]1. The molecule has 3 rings (SSSR count). The number of nitrogens with zero attached hydrogens (tertiary/aromatic N) is 4. The molecule has 0 radical (unpaired) electrons. The van der Waals surface area contributed by atoms with E-state index in [1.165, 1.54) is 6.33 Å². The second kappa shape index (κ2) is 7.80. The van der Waals surface area contributed by atoms with E-state index in [9.17, 15) is 0 Å². The zero-order valence-electron chi connectivity index (χ0n) is 11.5. The number of hydrogen-bond donors (Lipinski definition) is 2. The van der Waals surface area contributed by atoms with E-state index in [1.807, 2.05) is 33.8 Å². The van der Waals surface area contributed by atoms with Crippen molar-refractivity contribution in [3.63, 3.8) is 0 Å². The smallest absolute Gasteiger partial charge is 0.191 e. The summed E-state index contributed by atoms with van der Waals surface area (Å²) in [5.41, 5.74) is 1.11. The first-order valence-electron chi connectivity index (χ1n) is 5.75. The van der Waals surface area contributed by atoms with Gasteiger partial charge in [0, 0.05) is 18.8 Å². The Labute approximate surface area is 111 Å². The Balaban J connectivity index is 0.000000143. The van der Waals surface area contributed by atoms with Gasteiger partial charge in [0.2, 0.25) is 0 Å². The summed E-state index contributed by atoms with van der Waals surface area (Å²) in [7, 11) is 0. The number of hydrogen-bond acceptors (Lipinski definition) is 5. The number of nitrogens with one attached hydrogen (secondary N) is 2. The van der Waals surface area contributed by atoms with E-state index >= 15 is 0 Å². The molecule has 0 aromatic carbocycles. The van der Waals surface area contributed by atoms with Crippen LogP contribution in [0.5, 0.6) is 0 Å². The summed E-state index contributed by atoms with van der Waals surface area (Å²) in [4.78, 5) is 7.60. The van der Waals surface area contributed by atoms with Gasteiger partial charge in [-0.1, -0.05) is 0 Å². The molecular weight excluding hydrogens is 244 g/mol. The van der Waals surface area contributed by atoms with Crippen LogP contribution in [0, 0.1) is 27.7 Å². The van der Waals surface area contributed by atoms with Crippen LogP contribution in [0.4, 0.5) is 0 Å². The summed E-state index contributed by atoms with van der Waals surface area (Å²) in [5.74, 6) is 2.46. The van der Waals surface area contributed by atoms with E-state index < -0.39 is 0 Å². The topological polar surface area (TPSA) is 96.3 Å². The number of aryl methyl sites for hydroxylation is 4. The van der Waals surface area contributed by atoms with Gasteiger partial charge in [0.15, 0.2) is 5.89 Å². The first-order valence-corrected chi connectivity index (χ1v) is 5.75. The van der Waals surface area contributed by atoms with Crippen LogP contribution in [-0.4, -0.2) is 30.4 Å². The van der Waals surface area contributed by atoms with Crippen LogP contribution < -0.4 is 0 Å². The van der Waals surface area contributed by atoms with Crippen molar-refractivity contribution in [2.75, 3.05) is 0 Å². The maximum atomic E-state index is 4.97. The number of aromatic nitrogens is 6. The molecule has 7 heteroatoms. The molecule has 0 bridgehead atoms. The predicted octanol–water partition coefficient (Wildman–Crippen LogP) is 2.12. The molecule has 19 heavy (non-hydrogen) atoms. The van der Waals surface area contributed by atoms with Gasteiger partial charge in [-0.05, 0) is 26.8 Å². The average Bonchev–Trinajstić information content (AvgIpc) is 3.07. The van der Waals surface area contributed by atoms with E-state index in [-0.39, 0.29) is 0 Å². The Morgan fingerprint density at radius 3 is 1.95 bits per heavy atom. The highest BCUT2D eigenvalue weighted by Crippen LogP contribution is 1.97. The third kappa shape index (κ3) is 6.77. The van der Waals surface area contributed by atoms with Gasteiger partial charge in [-0.2, -0.15) is 10.2 Å². The first kappa shape index (κ1) is 14.6. The zero-order valence-corrected chi connectivity index (χ0v) is 11.5. The molecule has 0 aliphatic carbocycles. The minimum Gasteiger partial charge on any atom is -0.446 e. The molecule has 0 saturated heterocycles. The second-order valence-corrected chi connectivity index (χ2v) is 3.80. The molecule has 102 valence electrons. The average molecular weight is 262 g/mol. The second-order valence-electron chi connectivity index (χ2n) is 3.80. The van der Waals surface area contributed by atoms with Crippen molar-refractivity contribution in [2.45, 2.75) is 27.7 Å². The Hall–Kier alpha value is -2.44. The van der Waals surface area contributed by atoms with Crippen LogP contribution >= 0.6 is 0 Å². The van der Waals surface area contributed by atoms with Crippen molar-refractivity contribution in [3.05, 3.63) is 48.0 Å². The van der Waals surface area contributed by atoms with Gasteiger partial charge in [-0.3, -0.25) is 10.2 Å². The van der Waals surface area contributed by atoms with Crippen LogP contribution in [0.25, 0.3) is 0 Å². The lowest BCUT2D eigenvalue weighted by molar-refractivity contribution is 0.494. The van der Waals surface area contributed by atoms with Crippen LogP contribution in [0.2, 0.25) is 0 Å². The largest absolute Gasteiger partial charge is 0.446 e. The molecule has 0 unspecified atom stereocenters. The van der Waals surface area contributed by atoms with Gasteiger partial charge in [0.1, 0.15) is 17.9 Å². The number of oxazole rings is 1. The molecule has 0 amide bonds. The molecule has 0 fully saturated rings. The van der Waals surface area contributed by atoms with Gasteiger partial charge >= 0.3 is 0 Å². The van der Waals surface area contributed by atoms with Crippen LogP contribution in [-0.2, 0) is 0 Å². The number of rotatable bonds is 0. The van der Waals surface area contributed by atoms with Crippen LogP contribution in [0.3, 0.4) is 0 Å². The summed E-state index contributed by atoms with van der Waals surface area (Å²) >= 11 is 0. The molecule has 7 nitrogen and oxygen atoms in total. The molecule has 3 aromatic heterocycles. The zero-order chi connectivity index (χ0) is 14.1. The summed E-state index contributed by atoms with van der Waals surface area (Å²) in [6.45, 7) is 7.52. The Bertz CT molecular complexity index is 492. The molecule has 3 aromatic rings. The fourth-order valence-electron chi connectivity index (χ4n) is 1.06. The lowest BCUT2D eigenvalue weighted by Gasteiger charge is -1.73. The van der Waals surface area contributed by atoms with Crippen molar-refractivity contribution >= 4 is 0 Å². The Kier molecular flexibility index (Phi) is 6.00. The van der Waals surface area contributed by atoms with Gasteiger partial charge < -0.3 is 4.42 Å². The van der Waals surface area contributed by atoms with Gasteiger partial charge in [0.25, 0.3) is 0 Å². The highest BCUT2D eigenvalue weighted by atomic mass is 16.3. The van der Waals surface area contributed by atoms with E-state index in [4.69, 9.17) is 4.42 Å². The predicted molar refractivity (Wildman–Crippen MR) is 70.4 cm³/mol. The fraction of sp³-hybridized carbons (Fsp3) is 0.333. The summed E-state index contributed by atoms with van der Waals surface area (Å²) < 4.78 is 4.97. The van der Waals surface area contributed by atoms with E-state index in [0.717, 1.165) is 23.2 Å². The minimum atomic E-state index is 0.734. The number of H-pyrrole nitrogens is 2. The van der Waals surface area contributed by atoms with Gasteiger partial charge in [-0.25, -0.2) is 9.97 Å². The Morgan fingerprint density at radius 1 is 1.00 bits per heavy atom. The lowest BCUT2D eigenvalue weighted by Crippen LogP contribution is -1.68. The van der Waals surface area contributed by atoms with Gasteiger partial charge in [-0.15, -0.1) is 0 Å². The van der Waals surface area contributed by atoms with Crippen molar-refractivity contribution in [1.29, 1.82) is 0 Å². The molecule has 0 saturated carbocycles. The lowest BCUT2D eigenvalue weighted by atomic mass is 10.5. The van der Waals surface area contributed by atoms with E-state index in [2.05, 4.69) is 30.4 Å². The highest BCUT2D eigenvalue weighted by molar-refractivity contribution is 4.92. The molecule has 0 aliphatic heterocycles. The third-order valence-corrected chi connectivity index (χ3v) is 1.91. The van der Waals surface area contributed by atoms with Crippen molar-refractivity contribution in [2.24, 2.45) is 0 Å². The van der Waals surface area contributed by atoms with E-state index in [1.54, 1.807) is 12.4 Å².